The predicted molar refractivity (Wildman–Crippen MR) is 98.0 cm³/mol. The van der Waals surface area contributed by atoms with Gasteiger partial charge in [-0.3, -0.25) is 9.52 Å². The Hall–Kier alpha value is -3.26. The summed E-state index contributed by atoms with van der Waals surface area (Å²) in [7, 11) is -3.81. The molecule has 0 aromatic heterocycles. The van der Waals surface area contributed by atoms with Crippen LogP contribution in [0.25, 0.3) is 0 Å². The SMILES string of the molecule is O=C(Nc1ccc(F)cc1F)c1cccc(NS(=O)(=O)c2ccccc2)c1. The molecule has 0 radical (unpaired) electrons. The first-order chi connectivity index (χ1) is 12.8. The zero-order chi connectivity index (χ0) is 19.4. The summed E-state index contributed by atoms with van der Waals surface area (Å²) >= 11 is 0. The molecule has 0 saturated heterocycles. The first-order valence-electron chi connectivity index (χ1n) is 7.79. The van der Waals surface area contributed by atoms with Crippen LogP contribution >= 0.6 is 0 Å². The van der Waals surface area contributed by atoms with E-state index < -0.39 is 27.6 Å². The number of rotatable bonds is 5. The van der Waals surface area contributed by atoms with Crippen molar-refractivity contribution >= 4 is 27.3 Å². The highest BCUT2D eigenvalue weighted by Crippen LogP contribution is 2.19. The summed E-state index contributed by atoms with van der Waals surface area (Å²) < 4.78 is 53.7. The van der Waals surface area contributed by atoms with Gasteiger partial charge in [-0.15, -0.1) is 0 Å². The van der Waals surface area contributed by atoms with E-state index in [0.29, 0.717) is 6.07 Å². The molecule has 0 aliphatic heterocycles. The fraction of sp³-hybridized carbons (Fsp3) is 0. The van der Waals surface area contributed by atoms with E-state index in [1.165, 1.54) is 36.4 Å². The molecule has 5 nitrogen and oxygen atoms in total. The topological polar surface area (TPSA) is 75.3 Å². The molecule has 2 N–H and O–H groups in total. The van der Waals surface area contributed by atoms with Crippen LogP contribution in [0, 0.1) is 11.6 Å². The molecule has 27 heavy (non-hydrogen) atoms. The number of hydrogen-bond acceptors (Lipinski definition) is 3. The lowest BCUT2D eigenvalue weighted by Gasteiger charge is -2.10. The Morgan fingerprint density at radius 3 is 2.30 bits per heavy atom. The van der Waals surface area contributed by atoms with Gasteiger partial charge in [-0.1, -0.05) is 24.3 Å². The van der Waals surface area contributed by atoms with Gasteiger partial charge in [-0.05, 0) is 42.5 Å². The van der Waals surface area contributed by atoms with Crippen LogP contribution in [0.1, 0.15) is 10.4 Å². The zero-order valence-corrected chi connectivity index (χ0v) is 14.6. The Kier molecular flexibility index (Phi) is 5.18. The molecule has 0 fully saturated rings. The van der Waals surface area contributed by atoms with Gasteiger partial charge in [0.2, 0.25) is 0 Å². The minimum Gasteiger partial charge on any atom is -0.319 e. The van der Waals surface area contributed by atoms with Crippen molar-refractivity contribution in [2.24, 2.45) is 0 Å². The molecule has 0 aliphatic rings. The average molecular weight is 388 g/mol. The maximum atomic E-state index is 13.7. The maximum Gasteiger partial charge on any atom is 0.261 e. The van der Waals surface area contributed by atoms with E-state index in [4.69, 9.17) is 0 Å². The summed E-state index contributed by atoms with van der Waals surface area (Å²) in [5.74, 6) is -2.34. The molecule has 0 atom stereocenters. The van der Waals surface area contributed by atoms with E-state index >= 15 is 0 Å². The van der Waals surface area contributed by atoms with E-state index in [1.807, 2.05) is 0 Å². The third-order valence-electron chi connectivity index (χ3n) is 3.61. The Bertz CT molecular complexity index is 1090. The first-order valence-corrected chi connectivity index (χ1v) is 9.28. The summed E-state index contributed by atoms with van der Waals surface area (Å²) in [6.45, 7) is 0. The van der Waals surface area contributed by atoms with Crippen LogP contribution in [0.4, 0.5) is 20.2 Å². The standard InChI is InChI=1S/C19H14F2N2O3S/c20-14-9-10-18(17(21)12-14)22-19(24)13-5-4-6-15(11-13)23-27(25,26)16-7-2-1-3-8-16/h1-12,23H,(H,22,24). The van der Waals surface area contributed by atoms with Gasteiger partial charge in [0.15, 0.2) is 0 Å². The fourth-order valence-corrected chi connectivity index (χ4v) is 3.39. The van der Waals surface area contributed by atoms with Gasteiger partial charge in [-0.2, -0.15) is 0 Å². The molecule has 3 aromatic carbocycles. The zero-order valence-electron chi connectivity index (χ0n) is 13.8. The summed E-state index contributed by atoms with van der Waals surface area (Å²) in [6.07, 6.45) is 0. The summed E-state index contributed by atoms with van der Waals surface area (Å²) in [4.78, 5) is 12.4. The van der Waals surface area contributed by atoms with Crippen molar-refractivity contribution in [3.8, 4) is 0 Å². The van der Waals surface area contributed by atoms with Gasteiger partial charge < -0.3 is 5.32 Å². The molecule has 1 amide bonds. The second-order valence-corrected chi connectivity index (χ2v) is 7.26. The van der Waals surface area contributed by atoms with Crippen LogP contribution in [0.3, 0.4) is 0 Å². The molecular formula is C19H14F2N2O3S. The van der Waals surface area contributed by atoms with Gasteiger partial charge in [-0.25, -0.2) is 17.2 Å². The molecular weight excluding hydrogens is 374 g/mol. The summed E-state index contributed by atoms with van der Waals surface area (Å²) in [5.41, 5.74) is 0.0923. The van der Waals surface area contributed by atoms with E-state index in [0.717, 1.165) is 12.1 Å². The number of hydrogen-bond donors (Lipinski definition) is 2. The minimum absolute atomic E-state index is 0.0771. The van der Waals surface area contributed by atoms with Crippen molar-refractivity contribution in [2.45, 2.75) is 4.90 Å². The fourth-order valence-electron chi connectivity index (χ4n) is 2.32. The highest BCUT2D eigenvalue weighted by molar-refractivity contribution is 7.92. The number of benzene rings is 3. The quantitative estimate of drug-likeness (QED) is 0.693. The Morgan fingerprint density at radius 1 is 0.852 bits per heavy atom. The van der Waals surface area contributed by atoms with Crippen molar-refractivity contribution in [1.29, 1.82) is 0 Å². The van der Waals surface area contributed by atoms with Crippen LogP contribution in [0.5, 0.6) is 0 Å². The number of halogens is 2. The molecule has 0 unspecified atom stereocenters. The minimum atomic E-state index is -3.81. The van der Waals surface area contributed by atoms with Crippen molar-refractivity contribution < 1.29 is 22.0 Å². The third-order valence-corrected chi connectivity index (χ3v) is 5.01. The normalized spacial score (nSPS) is 11.0. The second kappa shape index (κ2) is 7.55. The smallest absolute Gasteiger partial charge is 0.261 e. The Labute approximate surface area is 154 Å². The monoisotopic (exact) mass is 388 g/mol. The number of carbonyl (C=O) groups excluding carboxylic acids is 1. The molecule has 8 heteroatoms. The predicted octanol–water partition coefficient (Wildman–Crippen LogP) is 4.02. The number of carbonyl (C=O) groups is 1. The number of anilines is 2. The molecule has 0 aliphatic carbocycles. The third kappa shape index (κ3) is 4.48. The van der Waals surface area contributed by atoms with E-state index in [-0.39, 0.29) is 21.8 Å². The Balaban J connectivity index is 1.80. The van der Waals surface area contributed by atoms with Gasteiger partial charge in [0.25, 0.3) is 15.9 Å². The van der Waals surface area contributed by atoms with Crippen LogP contribution in [-0.4, -0.2) is 14.3 Å². The summed E-state index contributed by atoms with van der Waals surface area (Å²) in [5, 5.41) is 2.32. The lowest BCUT2D eigenvalue weighted by Crippen LogP contribution is -2.15. The van der Waals surface area contributed by atoms with Crippen molar-refractivity contribution in [3.63, 3.8) is 0 Å². The number of nitrogens with one attached hydrogen (secondary N) is 2. The highest BCUT2D eigenvalue weighted by atomic mass is 32.2. The maximum absolute atomic E-state index is 13.7. The molecule has 3 aromatic rings. The molecule has 3 rings (SSSR count). The van der Waals surface area contributed by atoms with Crippen LogP contribution < -0.4 is 10.0 Å². The molecule has 138 valence electrons. The largest absolute Gasteiger partial charge is 0.319 e. The molecule has 0 spiro atoms. The van der Waals surface area contributed by atoms with Crippen molar-refractivity contribution in [3.05, 3.63) is 90.0 Å². The van der Waals surface area contributed by atoms with E-state index in [9.17, 15) is 22.0 Å². The molecule has 0 bridgehead atoms. The first kappa shape index (κ1) is 18.5. The van der Waals surface area contributed by atoms with Crippen molar-refractivity contribution in [1.82, 2.24) is 0 Å². The van der Waals surface area contributed by atoms with E-state index in [1.54, 1.807) is 18.2 Å². The average Bonchev–Trinajstić information content (AvgIpc) is 2.64. The lowest BCUT2D eigenvalue weighted by molar-refractivity contribution is 0.102. The van der Waals surface area contributed by atoms with Gasteiger partial charge in [0.1, 0.15) is 11.6 Å². The van der Waals surface area contributed by atoms with Gasteiger partial charge >= 0.3 is 0 Å². The van der Waals surface area contributed by atoms with Crippen LogP contribution in [-0.2, 0) is 10.0 Å². The van der Waals surface area contributed by atoms with Gasteiger partial charge in [0.05, 0.1) is 10.6 Å². The van der Waals surface area contributed by atoms with Crippen LogP contribution in [0.15, 0.2) is 77.7 Å². The van der Waals surface area contributed by atoms with Crippen LogP contribution in [0.2, 0.25) is 0 Å². The Morgan fingerprint density at radius 2 is 1.59 bits per heavy atom. The van der Waals surface area contributed by atoms with Gasteiger partial charge in [0, 0.05) is 17.3 Å². The second-order valence-electron chi connectivity index (χ2n) is 5.58. The highest BCUT2D eigenvalue weighted by Gasteiger charge is 2.15. The lowest BCUT2D eigenvalue weighted by atomic mass is 10.2. The number of sulfonamides is 1. The van der Waals surface area contributed by atoms with E-state index in [2.05, 4.69) is 10.0 Å². The summed E-state index contributed by atoms with van der Waals surface area (Å²) in [6, 6.07) is 16.3. The van der Waals surface area contributed by atoms with Crippen molar-refractivity contribution in [2.75, 3.05) is 10.0 Å². The number of amides is 1. The molecule has 0 saturated carbocycles. The molecule has 0 heterocycles.